The first-order valence-corrected chi connectivity index (χ1v) is 9.98. The van der Waals surface area contributed by atoms with Crippen LogP contribution in [-0.2, 0) is 6.54 Å². The molecule has 0 radical (unpaired) electrons. The van der Waals surface area contributed by atoms with Crippen LogP contribution < -0.4 is 0 Å². The van der Waals surface area contributed by atoms with E-state index in [1.165, 1.54) is 41.7 Å². The molecule has 0 unspecified atom stereocenters. The minimum atomic E-state index is 0.557. The van der Waals surface area contributed by atoms with Crippen LogP contribution in [0, 0.1) is 0 Å². The minimum absolute atomic E-state index is 0.557. The summed E-state index contributed by atoms with van der Waals surface area (Å²) in [6.45, 7) is 0.667. The largest absolute Gasteiger partial charge is 0.461 e. The summed E-state index contributed by atoms with van der Waals surface area (Å²) < 4.78 is 13.0. The van der Waals surface area contributed by atoms with Gasteiger partial charge in [0.05, 0.1) is 12.8 Å². The molecule has 3 aromatic heterocycles. The molecule has 1 fully saturated rings. The fourth-order valence-electron chi connectivity index (χ4n) is 2.71. The standard InChI is InChI=1S/C18H15N5OS2/c1-2-5-12(6-3-1)11-23-16(14-7-4-10-24-14)20-21-17(23)25-18-19-15(22-26-18)13-8-9-13/h1-7,10,13H,8-9,11H2. The van der Waals surface area contributed by atoms with E-state index in [-0.39, 0.29) is 0 Å². The Labute approximate surface area is 158 Å². The van der Waals surface area contributed by atoms with Crippen molar-refractivity contribution in [3.8, 4) is 11.6 Å². The van der Waals surface area contributed by atoms with Crippen LogP contribution in [0.5, 0.6) is 0 Å². The van der Waals surface area contributed by atoms with Gasteiger partial charge in [0, 0.05) is 5.92 Å². The normalized spacial score (nSPS) is 14.0. The molecule has 1 aliphatic rings. The molecule has 130 valence electrons. The van der Waals surface area contributed by atoms with E-state index in [0.717, 1.165) is 15.3 Å². The molecule has 0 saturated heterocycles. The van der Waals surface area contributed by atoms with Gasteiger partial charge >= 0.3 is 0 Å². The minimum Gasteiger partial charge on any atom is -0.461 e. The highest BCUT2D eigenvalue weighted by Crippen LogP contribution is 2.40. The van der Waals surface area contributed by atoms with E-state index in [9.17, 15) is 0 Å². The van der Waals surface area contributed by atoms with Crippen molar-refractivity contribution < 1.29 is 4.42 Å². The van der Waals surface area contributed by atoms with Crippen molar-refractivity contribution in [3.05, 3.63) is 60.1 Å². The van der Waals surface area contributed by atoms with Crippen LogP contribution >= 0.6 is 23.3 Å². The van der Waals surface area contributed by atoms with E-state index >= 15 is 0 Å². The topological polar surface area (TPSA) is 69.6 Å². The van der Waals surface area contributed by atoms with E-state index in [2.05, 4.69) is 36.3 Å². The number of benzene rings is 1. The molecular weight excluding hydrogens is 366 g/mol. The highest BCUT2D eigenvalue weighted by atomic mass is 32.2. The van der Waals surface area contributed by atoms with E-state index in [1.807, 2.05) is 30.3 Å². The first kappa shape index (κ1) is 15.8. The molecule has 3 heterocycles. The van der Waals surface area contributed by atoms with Gasteiger partial charge in [0.15, 0.2) is 15.3 Å². The van der Waals surface area contributed by atoms with Crippen molar-refractivity contribution in [2.24, 2.45) is 0 Å². The van der Waals surface area contributed by atoms with Gasteiger partial charge in [-0.2, -0.15) is 4.37 Å². The number of aromatic nitrogens is 5. The monoisotopic (exact) mass is 381 g/mol. The number of rotatable bonds is 6. The number of hydrogen-bond donors (Lipinski definition) is 0. The van der Waals surface area contributed by atoms with Crippen molar-refractivity contribution in [2.45, 2.75) is 34.8 Å². The first-order valence-electron chi connectivity index (χ1n) is 8.39. The van der Waals surface area contributed by atoms with E-state index in [1.54, 1.807) is 6.26 Å². The predicted octanol–water partition coefficient (Wildman–Crippen LogP) is 4.47. The van der Waals surface area contributed by atoms with Crippen LogP contribution in [0.25, 0.3) is 11.6 Å². The molecule has 4 aromatic rings. The van der Waals surface area contributed by atoms with Crippen molar-refractivity contribution in [1.29, 1.82) is 0 Å². The van der Waals surface area contributed by atoms with Crippen LogP contribution in [0.3, 0.4) is 0 Å². The third kappa shape index (κ3) is 3.17. The summed E-state index contributed by atoms with van der Waals surface area (Å²) in [6.07, 6.45) is 4.05. The zero-order chi connectivity index (χ0) is 17.3. The molecule has 5 rings (SSSR count). The zero-order valence-electron chi connectivity index (χ0n) is 13.8. The highest BCUT2D eigenvalue weighted by Gasteiger charge is 2.28. The van der Waals surface area contributed by atoms with Gasteiger partial charge < -0.3 is 4.42 Å². The molecule has 0 atom stereocenters. The van der Waals surface area contributed by atoms with Crippen LogP contribution in [0.4, 0.5) is 0 Å². The Kier molecular flexibility index (Phi) is 4.06. The molecule has 26 heavy (non-hydrogen) atoms. The second kappa shape index (κ2) is 6.69. The van der Waals surface area contributed by atoms with Gasteiger partial charge in [-0.1, -0.05) is 30.3 Å². The van der Waals surface area contributed by atoms with Crippen LogP contribution in [-0.4, -0.2) is 24.1 Å². The van der Waals surface area contributed by atoms with Gasteiger partial charge in [0.25, 0.3) is 0 Å². The molecule has 0 bridgehead atoms. The Bertz CT molecular complexity index is 1010. The molecule has 8 heteroatoms. The second-order valence-corrected chi connectivity index (χ2v) is 8.12. The lowest BCUT2D eigenvalue weighted by Crippen LogP contribution is -2.03. The molecule has 1 saturated carbocycles. The Hall–Kier alpha value is -2.45. The third-order valence-corrected chi connectivity index (χ3v) is 5.94. The summed E-state index contributed by atoms with van der Waals surface area (Å²) in [7, 11) is 0. The molecule has 0 spiro atoms. The summed E-state index contributed by atoms with van der Waals surface area (Å²) in [5.74, 6) is 2.95. The van der Waals surface area contributed by atoms with Crippen molar-refractivity contribution in [1.82, 2.24) is 24.1 Å². The summed E-state index contributed by atoms with van der Waals surface area (Å²) >= 11 is 2.94. The van der Waals surface area contributed by atoms with Gasteiger partial charge in [0.2, 0.25) is 5.82 Å². The molecule has 0 amide bonds. The van der Waals surface area contributed by atoms with Gasteiger partial charge in [-0.3, -0.25) is 4.57 Å². The number of nitrogens with zero attached hydrogens (tertiary/aromatic N) is 5. The van der Waals surface area contributed by atoms with E-state index in [4.69, 9.17) is 4.42 Å². The van der Waals surface area contributed by atoms with E-state index < -0.39 is 0 Å². The molecule has 1 aliphatic carbocycles. The Morgan fingerprint density at radius 3 is 2.77 bits per heavy atom. The number of hydrogen-bond acceptors (Lipinski definition) is 7. The van der Waals surface area contributed by atoms with Gasteiger partial charge in [0.1, 0.15) is 5.82 Å². The smallest absolute Gasteiger partial charge is 0.200 e. The van der Waals surface area contributed by atoms with E-state index in [0.29, 0.717) is 24.0 Å². The lowest BCUT2D eigenvalue weighted by molar-refractivity contribution is 0.569. The Morgan fingerprint density at radius 2 is 2.00 bits per heavy atom. The molecule has 1 aromatic carbocycles. The lowest BCUT2D eigenvalue weighted by Gasteiger charge is -2.08. The first-order chi connectivity index (χ1) is 12.9. The van der Waals surface area contributed by atoms with Crippen molar-refractivity contribution in [2.75, 3.05) is 0 Å². The van der Waals surface area contributed by atoms with Crippen LogP contribution in [0.1, 0.15) is 30.1 Å². The van der Waals surface area contributed by atoms with Crippen LogP contribution in [0.2, 0.25) is 0 Å². The van der Waals surface area contributed by atoms with Gasteiger partial charge in [-0.05, 0) is 53.8 Å². The maximum absolute atomic E-state index is 5.55. The van der Waals surface area contributed by atoms with Gasteiger partial charge in [-0.15, -0.1) is 10.2 Å². The summed E-state index contributed by atoms with van der Waals surface area (Å²) in [6, 6.07) is 14.0. The Balaban J connectivity index is 1.49. The number of furan rings is 1. The summed E-state index contributed by atoms with van der Waals surface area (Å²) in [5.41, 5.74) is 1.18. The Morgan fingerprint density at radius 1 is 1.12 bits per heavy atom. The molecule has 0 N–H and O–H groups in total. The van der Waals surface area contributed by atoms with Crippen molar-refractivity contribution >= 4 is 23.3 Å². The maximum Gasteiger partial charge on any atom is 0.200 e. The molecule has 0 aliphatic heterocycles. The quantitative estimate of drug-likeness (QED) is 0.491. The summed E-state index contributed by atoms with van der Waals surface area (Å²) in [5, 5.41) is 9.54. The summed E-state index contributed by atoms with van der Waals surface area (Å²) in [4.78, 5) is 4.65. The van der Waals surface area contributed by atoms with Crippen LogP contribution in [0.15, 0.2) is 62.6 Å². The maximum atomic E-state index is 5.55. The second-order valence-electron chi connectivity index (χ2n) is 6.15. The predicted molar refractivity (Wildman–Crippen MR) is 99.3 cm³/mol. The molecule has 6 nitrogen and oxygen atoms in total. The van der Waals surface area contributed by atoms with Gasteiger partial charge in [-0.25, -0.2) is 4.98 Å². The average molecular weight is 381 g/mol. The fraction of sp³-hybridized carbons (Fsp3) is 0.222. The SMILES string of the molecule is c1ccc(Cn2c(Sc3nc(C4CC4)ns3)nnc2-c2ccco2)cc1. The highest BCUT2D eigenvalue weighted by molar-refractivity contribution is 8.00. The van der Waals surface area contributed by atoms with Crippen molar-refractivity contribution in [3.63, 3.8) is 0 Å². The zero-order valence-corrected chi connectivity index (χ0v) is 15.4. The third-order valence-electron chi connectivity index (χ3n) is 4.19. The average Bonchev–Trinajstić information content (AvgIpc) is 3.06. The lowest BCUT2D eigenvalue weighted by atomic mass is 10.2. The fourth-order valence-corrected chi connectivity index (χ4v) is 4.33. The molecular formula is C18H15N5OS2.